The number of halogens is 3. The summed E-state index contributed by atoms with van der Waals surface area (Å²) in [6.07, 6.45) is 0.973. The number of hydrogen-bond acceptors (Lipinski definition) is 4. The summed E-state index contributed by atoms with van der Waals surface area (Å²) in [7, 11) is 0. The highest BCUT2D eigenvalue weighted by atomic mass is 19.2. The molecule has 5 nitrogen and oxygen atoms in total. The zero-order chi connectivity index (χ0) is 20.3. The van der Waals surface area contributed by atoms with Gasteiger partial charge in [0.05, 0.1) is 13.2 Å². The molecule has 0 aliphatic carbocycles. The molecular weight excluding hydrogens is 371 g/mol. The molecule has 0 amide bonds. The smallest absolute Gasteiger partial charge is 0.310 e. The van der Waals surface area contributed by atoms with Crippen molar-refractivity contribution in [3.63, 3.8) is 0 Å². The zero-order valence-corrected chi connectivity index (χ0v) is 15.3. The summed E-state index contributed by atoms with van der Waals surface area (Å²) in [4.78, 5) is 15.4. The summed E-state index contributed by atoms with van der Waals surface area (Å²) in [5.41, 5.74) is 0.819. The Morgan fingerprint density at radius 2 is 1.86 bits per heavy atom. The maximum Gasteiger partial charge on any atom is 0.310 e. The summed E-state index contributed by atoms with van der Waals surface area (Å²) >= 11 is 0. The van der Waals surface area contributed by atoms with E-state index in [0.29, 0.717) is 23.6 Å². The standard InChI is InChI=1S/C20H18F3N3O2/c1-3-28-14-6-4-12(2)18(9-14)24-20-25-19(27)17(23)11-26(20)10-13-5-7-15(21)16(22)8-13/h4-9,11H,3,10H2,1-2H3,(H,24,25,27). The summed E-state index contributed by atoms with van der Waals surface area (Å²) < 4.78 is 47.2. The van der Waals surface area contributed by atoms with Crippen molar-refractivity contribution in [2.45, 2.75) is 20.4 Å². The zero-order valence-electron chi connectivity index (χ0n) is 15.3. The van der Waals surface area contributed by atoms with Gasteiger partial charge in [-0.25, -0.2) is 8.78 Å². The van der Waals surface area contributed by atoms with Crippen LogP contribution in [0.2, 0.25) is 0 Å². The predicted molar refractivity (Wildman–Crippen MR) is 99.5 cm³/mol. The molecule has 0 radical (unpaired) electrons. The van der Waals surface area contributed by atoms with E-state index >= 15 is 0 Å². The van der Waals surface area contributed by atoms with Crippen LogP contribution >= 0.6 is 0 Å². The van der Waals surface area contributed by atoms with Crippen LogP contribution in [0.5, 0.6) is 5.75 Å². The Bertz CT molecular complexity index is 1070. The number of benzene rings is 2. The fourth-order valence-corrected chi connectivity index (χ4v) is 2.63. The Morgan fingerprint density at radius 3 is 2.57 bits per heavy atom. The van der Waals surface area contributed by atoms with Crippen molar-refractivity contribution in [3.05, 3.63) is 81.5 Å². The van der Waals surface area contributed by atoms with Gasteiger partial charge >= 0.3 is 5.56 Å². The predicted octanol–water partition coefficient (Wildman–Crippen LogP) is 4.16. The van der Waals surface area contributed by atoms with Crippen LogP contribution in [0.4, 0.5) is 24.8 Å². The van der Waals surface area contributed by atoms with Gasteiger partial charge in [0.1, 0.15) is 5.75 Å². The number of aromatic nitrogens is 2. The maximum atomic E-state index is 13.8. The van der Waals surface area contributed by atoms with Gasteiger partial charge < -0.3 is 14.6 Å². The van der Waals surface area contributed by atoms with Gasteiger partial charge in [0, 0.05) is 18.0 Å². The molecule has 0 saturated carbocycles. The Labute approximate surface area is 159 Å². The Hall–Kier alpha value is -3.29. The lowest BCUT2D eigenvalue weighted by atomic mass is 10.2. The van der Waals surface area contributed by atoms with Crippen LogP contribution < -0.4 is 15.6 Å². The van der Waals surface area contributed by atoms with E-state index in [0.717, 1.165) is 23.9 Å². The van der Waals surface area contributed by atoms with Gasteiger partial charge in [0.2, 0.25) is 11.8 Å². The molecule has 0 unspecified atom stereocenters. The molecule has 28 heavy (non-hydrogen) atoms. The van der Waals surface area contributed by atoms with Crippen molar-refractivity contribution in [1.29, 1.82) is 0 Å². The minimum Gasteiger partial charge on any atom is -0.494 e. The fourth-order valence-electron chi connectivity index (χ4n) is 2.63. The van der Waals surface area contributed by atoms with Gasteiger partial charge in [-0.3, -0.25) is 4.79 Å². The van der Waals surface area contributed by atoms with Crippen LogP contribution in [0.25, 0.3) is 0 Å². The van der Waals surface area contributed by atoms with Gasteiger partial charge in [-0.2, -0.15) is 9.37 Å². The van der Waals surface area contributed by atoms with E-state index in [1.165, 1.54) is 10.6 Å². The molecule has 3 aromatic rings. The lowest BCUT2D eigenvalue weighted by Crippen LogP contribution is -2.20. The van der Waals surface area contributed by atoms with Crippen molar-refractivity contribution in [1.82, 2.24) is 9.55 Å². The minimum absolute atomic E-state index is 0.0199. The van der Waals surface area contributed by atoms with Crippen LogP contribution in [0.15, 0.2) is 47.4 Å². The summed E-state index contributed by atoms with van der Waals surface area (Å²) in [6.45, 7) is 4.17. The van der Waals surface area contributed by atoms with E-state index in [2.05, 4.69) is 10.3 Å². The first-order valence-corrected chi connectivity index (χ1v) is 8.58. The molecule has 0 atom stereocenters. The van der Waals surface area contributed by atoms with Crippen LogP contribution in [0.3, 0.4) is 0 Å². The Balaban J connectivity index is 1.99. The molecule has 1 N–H and O–H groups in total. The van der Waals surface area contributed by atoms with Crippen molar-refractivity contribution in [2.75, 3.05) is 11.9 Å². The third kappa shape index (κ3) is 4.33. The summed E-state index contributed by atoms with van der Waals surface area (Å²) in [5, 5.41) is 2.99. The molecule has 1 aromatic heterocycles. The van der Waals surface area contributed by atoms with E-state index in [1.54, 1.807) is 12.1 Å². The van der Waals surface area contributed by atoms with Crippen molar-refractivity contribution in [2.24, 2.45) is 0 Å². The van der Waals surface area contributed by atoms with E-state index in [4.69, 9.17) is 4.74 Å². The van der Waals surface area contributed by atoms with Gasteiger partial charge in [0.15, 0.2) is 11.6 Å². The van der Waals surface area contributed by atoms with Crippen LogP contribution in [0, 0.1) is 24.4 Å². The summed E-state index contributed by atoms with van der Waals surface area (Å²) in [6, 6.07) is 8.73. The molecule has 0 bridgehead atoms. The lowest BCUT2D eigenvalue weighted by Gasteiger charge is -2.16. The van der Waals surface area contributed by atoms with E-state index in [1.807, 2.05) is 19.9 Å². The van der Waals surface area contributed by atoms with Gasteiger partial charge in [-0.1, -0.05) is 12.1 Å². The molecule has 1 heterocycles. The first-order valence-electron chi connectivity index (χ1n) is 8.58. The molecule has 8 heteroatoms. The van der Waals surface area contributed by atoms with E-state index < -0.39 is 23.0 Å². The Morgan fingerprint density at radius 1 is 1.07 bits per heavy atom. The minimum atomic E-state index is -1.05. The molecule has 0 fully saturated rings. The second kappa shape index (κ2) is 8.16. The molecule has 0 aliphatic heterocycles. The highest BCUT2D eigenvalue weighted by Gasteiger charge is 2.12. The van der Waals surface area contributed by atoms with Gasteiger partial charge in [-0.15, -0.1) is 0 Å². The van der Waals surface area contributed by atoms with Crippen LogP contribution in [0.1, 0.15) is 18.1 Å². The summed E-state index contributed by atoms with van der Waals surface area (Å²) in [5.74, 6) is -2.36. The highest BCUT2D eigenvalue weighted by molar-refractivity contribution is 5.61. The van der Waals surface area contributed by atoms with Gasteiger partial charge in [-0.05, 0) is 43.2 Å². The van der Waals surface area contributed by atoms with Crippen LogP contribution in [-0.2, 0) is 6.54 Å². The van der Waals surface area contributed by atoms with Crippen molar-refractivity contribution >= 4 is 11.6 Å². The van der Waals surface area contributed by atoms with Crippen LogP contribution in [-0.4, -0.2) is 16.2 Å². The number of aryl methyl sites for hydroxylation is 1. The third-order valence-corrected chi connectivity index (χ3v) is 4.06. The highest BCUT2D eigenvalue weighted by Crippen LogP contribution is 2.25. The number of rotatable bonds is 6. The number of nitrogens with zero attached hydrogens (tertiary/aromatic N) is 2. The molecule has 2 aromatic carbocycles. The molecule has 3 rings (SSSR count). The average molecular weight is 389 g/mol. The average Bonchev–Trinajstić information content (AvgIpc) is 2.65. The second-order valence-electron chi connectivity index (χ2n) is 6.13. The molecular formula is C20H18F3N3O2. The Kier molecular flexibility index (Phi) is 5.67. The fraction of sp³-hybridized carbons (Fsp3) is 0.200. The first kappa shape index (κ1) is 19.5. The lowest BCUT2D eigenvalue weighted by molar-refractivity contribution is 0.340. The van der Waals surface area contributed by atoms with E-state index in [-0.39, 0.29) is 12.5 Å². The number of ether oxygens (including phenoxy) is 1. The molecule has 0 spiro atoms. The number of hydrogen-bond donors (Lipinski definition) is 1. The number of nitrogens with one attached hydrogen (secondary N) is 1. The maximum absolute atomic E-state index is 13.8. The second-order valence-corrected chi connectivity index (χ2v) is 6.13. The molecule has 0 saturated heterocycles. The molecule has 146 valence electrons. The monoisotopic (exact) mass is 389 g/mol. The first-order chi connectivity index (χ1) is 13.4. The third-order valence-electron chi connectivity index (χ3n) is 4.06. The SMILES string of the molecule is CCOc1ccc(C)c(Nc2nc(=O)c(F)cn2Cc2ccc(F)c(F)c2)c1. The quantitative estimate of drug-likeness (QED) is 0.688. The molecule has 0 aliphatic rings. The van der Waals surface area contributed by atoms with Gasteiger partial charge in [0.25, 0.3) is 0 Å². The van der Waals surface area contributed by atoms with Crippen molar-refractivity contribution in [3.8, 4) is 5.75 Å². The normalized spacial score (nSPS) is 10.8. The number of anilines is 2. The largest absolute Gasteiger partial charge is 0.494 e. The topological polar surface area (TPSA) is 56.1 Å². The van der Waals surface area contributed by atoms with Crippen molar-refractivity contribution < 1.29 is 17.9 Å². The van der Waals surface area contributed by atoms with E-state index in [9.17, 15) is 18.0 Å².